The Hall–Kier alpha value is -2.27. The van der Waals surface area contributed by atoms with E-state index in [9.17, 15) is 9.59 Å². The zero-order chi connectivity index (χ0) is 20.1. The molecular formula is C23H26N2O2S. The van der Waals surface area contributed by atoms with E-state index >= 15 is 0 Å². The van der Waals surface area contributed by atoms with E-state index in [2.05, 4.69) is 25.8 Å². The molecule has 0 saturated heterocycles. The van der Waals surface area contributed by atoms with Gasteiger partial charge in [-0.1, -0.05) is 50.6 Å². The van der Waals surface area contributed by atoms with Crippen LogP contribution in [0.15, 0.2) is 35.4 Å². The summed E-state index contributed by atoms with van der Waals surface area (Å²) in [6.45, 7) is 8.88. The molecule has 1 aromatic carbocycles. The Morgan fingerprint density at radius 2 is 1.96 bits per heavy atom. The van der Waals surface area contributed by atoms with Gasteiger partial charge in [-0.15, -0.1) is 11.3 Å². The van der Waals surface area contributed by atoms with Crippen LogP contribution in [0, 0.1) is 18.3 Å². The number of rotatable bonds is 3. The first-order valence-electron chi connectivity index (χ1n) is 9.83. The van der Waals surface area contributed by atoms with Gasteiger partial charge in [-0.3, -0.25) is 14.2 Å². The molecule has 1 aliphatic rings. The zero-order valence-corrected chi connectivity index (χ0v) is 17.7. The quantitative estimate of drug-likeness (QED) is 0.600. The molecule has 0 aliphatic heterocycles. The van der Waals surface area contributed by atoms with Crippen molar-refractivity contribution in [2.24, 2.45) is 11.3 Å². The molecule has 28 heavy (non-hydrogen) atoms. The van der Waals surface area contributed by atoms with Crippen molar-refractivity contribution in [1.82, 2.24) is 9.55 Å². The van der Waals surface area contributed by atoms with Gasteiger partial charge >= 0.3 is 0 Å². The van der Waals surface area contributed by atoms with E-state index in [4.69, 9.17) is 0 Å². The summed E-state index contributed by atoms with van der Waals surface area (Å²) in [7, 11) is 0. The minimum atomic E-state index is -0.0860. The molecule has 2 heterocycles. The van der Waals surface area contributed by atoms with Crippen LogP contribution < -0.4 is 5.56 Å². The maximum Gasteiger partial charge on any atom is 0.262 e. The number of Topliss-reactive ketones (excluding diaryl/α,β-unsaturated/α-hetero) is 1. The number of fused-ring (bicyclic) bond motifs is 3. The predicted octanol–water partition coefficient (Wildman–Crippen LogP) is 4.80. The van der Waals surface area contributed by atoms with Crippen molar-refractivity contribution in [3.8, 4) is 0 Å². The van der Waals surface area contributed by atoms with Crippen molar-refractivity contribution in [3.05, 3.63) is 62.5 Å². The summed E-state index contributed by atoms with van der Waals surface area (Å²) >= 11 is 1.65. The van der Waals surface area contributed by atoms with Gasteiger partial charge < -0.3 is 0 Å². The van der Waals surface area contributed by atoms with E-state index < -0.39 is 0 Å². The zero-order valence-electron chi connectivity index (χ0n) is 16.9. The molecule has 146 valence electrons. The first kappa shape index (κ1) is 19.1. The van der Waals surface area contributed by atoms with E-state index in [1.807, 2.05) is 31.2 Å². The smallest absolute Gasteiger partial charge is 0.262 e. The molecular weight excluding hydrogens is 368 g/mol. The van der Waals surface area contributed by atoms with Gasteiger partial charge in [0.2, 0.25) is 0 Å². The van der Waals surface area contributed by atoms with Crippen LogP contribution in [0.1, 0.15) is 53.6 Å². The SMILES string of the molecule is Cc1ccc(C(=O)Cn2cnc3sc4c(c3c2=O)CCC(C(C)(C)C)C4)cc1. The van der Waals surface area contributed by atoms with E-state index in [1.165, 1.54) is 15.8 Å². The van der Waals surface area contributed by atoms with Gasteiger partial charge in [0, 0.05) is 10.4 Å². The fourth-order valence-corrected chi connectivity index (χ4v) is 5.30. The molecule has 4 nitrogen and oxygen atoms in total. The molecule has 1 aliphatic carbocycles. The van der Waals surface area contributed by atoms with Crippen LogP contribution in [0.5, 0.6) is 0 Å². The topological polar surface area (TPSA) is 52.0 Å². The van der Waals surface area contributed by atoms with Crippen molar-refractivity contribution >= 4 is 27.3 Å². The predicted molar refractivity (Wildman–Crippen MR) is 114 cm³/mol. The summed E-state index contributed by atoms with van der Waals surface area (Å²) in [4.78, 5) is 32.4. The lowest BCUT2D eigenvalue weighted by molar-refractivity contribution is 0.0970. The second-order valence-corrected chi connectivity index (χ2v) is 10.0. The minimum Gasteiger partial charge on any atom is -0.292 e. The molecule has 0 spiro atoms. The Bertz CT molecular complexity index is 1100. The average Bonchev–Trinajstić information content (AvgIpc) is 3.02. The lowest BCUT2D eigenvalue weighted by atomic mass is 9.72. The molecule has 1 atom stereocenters. The lowest BCUT2D eigenvalue weighted by Gasteiger charge is -2.33. The highest BCUT2D eigenvalue weighted by Gasteiger charge is 2.31. The highest BCUT2D eigenvalue weighted by molar-refractivity contribution is 7.18. The fourth-order valence-electron chi connectivity index (χ4n) is 4.04. The summed E-state index contributed by atoms with van der Waals surface area (Å²) in [5, 5.41) is 0.728. The van der Waals surface area contributed by atoms with E-state index in [-0.39, 0.29) is 23.3 Å². The molecule has 1 unspecified atom stereocenters. The van der Waals surface area contributed by atoms with Gasteiger partial charge in [0.15, 0.2) is 5.78 Å². The standard InChI is InChI=1S/C23H26N2O2S/c1-14-5-7-15(8-6-14)18(26)12-25-13-24-21-20(22(25)27)17-10-9-16(23(2,3)4)11-19(17)28-21/h5-8,13,16H,9-12H2,1-4H3. The number of carbonyl (C=O) groups excluding carboxylic acids is 1. The molecule has 4 rings (SSSR count). The van der Waals surface area contributed by atoms with Crippen LogP contribution in [0.3, 0.4) is 0 Å². The number of nitrogens with zero attached hydrogens (tertiary/aromatic N) is 2. The van der Waals surface area contributed by atoms with Crippen LogP contribution >= 0.6 is 11.3 Å². The molecule has 0 bridgehead atoms. The number of benzene rings is 1. The minimum absolute atomic E-state index is 0.0278. The Morgan fingerprint density at radius 3 is 2.64 bits per heavy atom. The molecule has 2 aromatic heterocycles. The van der Waals surface area contributed by atoms with Crippen molar-refractivity contribution in [2.75, 3.05) is 0 Å². The van der Waals surface area contributed by atoms with Crippen molar-refractivity contribution in [3.63, 3.8) is 0 Å². The fraction of sp³-hybridized carbons (Fsp3) is 0.435. The van der Waals surface area contributed by atoms with Crippen LogP contribution in [-0.4, -0.2) is 15.3 Å². The number of carbonyl (C=O) groups is 1. The van der Waals surface area contributed by atoms with E-state index in [0.717, 1.165) is 40.6 Å². The average molecular weight is 395 g/mol. The Morgan fingerprint density at radius 1 is 1.25 bits per heavy atom. The van der Waals surface area contributed by atoms with Crippen LogP contribution in [-0.2, 0) is 19.4 Å². The van der Waals surface area contributed by atoms with Crippen molar-refractivity contribution < 1.29 is 4.79 Å². The number of aryl methyl sites for hydroxylation is 2. The number of hydrogen-bond acceptors (Lipinski definition) is 4. The first-order valence-corrected chi connectivity index (χ1v) is 10.7. The van der Waals surface area contributed by atoms with Gasteiger partial charge in [-0.2, -0.15) is 0 Å². The van der Waals surface area contributed by atoms with Crippen LogP contribution in [0.2, 0.25) is 0 Å². The second-order valence-electron chi connectivity index (χ2n) is 8.96. The van der Waals surface area contributed by atoms with Gasteiger partial charge in [0.25, 0.3) is 5.56 Å². The van der Waals surface area contributed by atoms with Gasteiger partial charge in [0.05, 0.1) is 18.3 Å². The highest BCUT2D eigenvalue weighted by Crippen LogP contribution is 2.41. The number of thiophene rings is 1. The maximum atomic E-state index is 13.1. The summed E-state index contributed by atoms with van der Waals surface area (Å²) in [5.74, 6) is 0.554. The van der Waals surface area contributed by atoms with Crippen molar-refractivity contribution in [2.45, 2.75) is 53.5 Å². The third-order valence-corrected chi connectivity index (χ3v) is 7.11. The van der Waals surface area contributed by atoms with Gasteiger partial charge in [-0.05, 0) is 43.1 Å². The van der Waals surface area contributed by atoms with Gasteiger partial charge in [-0.25, -0.2) is 4.98 Å². The normalized spacial score (nSPS) is 16.9. The Balaban J connectivity index is 1.67. The van der Waals surface area contributed by atoms with Gasteiger partial charge in [0.1, 0.15) is 4.83 Å². The molecule has 5 heteroatoms. The lowest BCUT2D eigenvalue weighted by Crippen LogP contribution is -2.27. The first-order chi connectivity index (χ1) is 13.2. The number of ketones is 1. The van der Waals surface area contributed by atoms with Crippen LogP contribution in [0.4, 0.5) is 0 Å². The number of aromatic nitrogens is 2. The molecule has 0 saturated carbocycles. The molecule has 0 amide bonds. The Labute approximate surface area is 169 Å². The van der Waals surface area contributed by atoms with Crippen molar-refractivity contribution in [1.29, 1.82) is 0 Å². The van der Waals surface area contributed by atoms with Crippen LogP contribution in [0.25, 0.3) is 10.2 Å². The summed E-state index contributed by atoms with van der Waals surface area (Å²) < 4.78 is 1.47. The monoisotopic (exact) mass is 394 g/mol. The van der Waals surface area contributed by atoms with E-state index in [0.29, 0.717) is 11.5 Å². The second kappa shape index (κ2) is 6.96. The summed E-state index contributed by atoms with van der Waals surface area (Å²) in [6.07, 6.45) is 4.56. The molecule has 0 N–H and O–H groups in total. The molecule has 0 radical (unpaired) electrons. The Kier molecular flexibility index (Phi) is 4.74. The molecule has 3 aromatic rings. The third kappa shape index (κ3) is 3.44. The summed E-state index contributed by atoms with van der Waals surface area (Å²) in [5.41, 5.74) is 3.07. The van der Waals surface area contributed by atoms with E-state index in [1.54, 1.807) is 11.3 Å². The highest BCUT2D eigenvalue weighted by atomic mass is 32.1. The largest absolute Gasteiger partial charge is 0.292 e. The number of hydrogen-bond donors (Lipinski definition) is 0. The third-order valence-electron chi connectivity index (χ3n) is 5.95. The molecule has 0 fully saturated rings. The maximum absolute atomic E-state index is 13.1. The summed E-state index contributed by atoms with van der Waals surface area (Å²) in [6, 6.07) is 7.46.